The van der Waals surface area contributed by atoms with Gasteiger partial charge in [-0.25, -0.2) is 12.6 Å². The number of halogens is 4. The van der Waals surface area contributed by atoms with Crippen LogP contribution in [0.4, 0.5) is 13.2 Å². The van der Waals surface area contributed by atoms with E-state index in [4.69, 9.17) is 16.2 Å². The van der Waals surface area contributed by atoms with Gasteiger partial charge in [-0.2, -0.15) is 13.2 Å². The third kappa shape index (κ3) is 6.71. The van der Waals surface area contributed by atoms with Crippen LogP contribution in [0.3, 0.4) is 0 Å². The summed E-state index contributed by atoms with van der Waals surface area (Å²) in [4.78, 5) is 12.1. The van der Waals surface area contributed by atoms with E-state index in [9.17, 15) is 30.6 Å². The lowest BCUT2D eigenvalue weighted by molar-refractivity contribution is -0.137. The van der Waals surface area contributed by atoms with E-state index in [1.165, 1.54) is 31.2 Å². The molecule has 0 fully saturated rings. The molecule has 2 aromatic rings. The van der Waals surface area contributed by atoms with Crippen molar-refractivity contribution < 1.29 is 35.1 Å². The number of hydrogen-bond donors (Lipinski definition) is 2. The van der Waals surface area contributed by atoms with Crippen LogP contribution >= 0.6 is 23.4 Å². The number of rotatable bonds is 7. The molecule has 2 rings (SSSR count). The monoisotopic (exact) mass is 501 g/mol. The molecule has 0 heterocycles. The molecular weight excluding hydrogens is 487 g/mol. The topological polar surface area (TPSA) is 101 Å². The van der Waals surface area contributed by atoms with E-state index in [2.05, 4.69) is 0 Å². The second-order valence-corrected chi connectivity index (χ2v) is 10.4. The Hall–Kier alpha value is -1.60. The highest BCUT2D eigenvalue weighted by Crippen LogP contribution is 2.38. The molecule has 0 spiro atoms. The van der Waals surface area contributed by atoms with Crippen molar-refractivity contribution in [2.45, 2.75) is 34.2 Å². The van der Waals surface area contributed by atoms with Gasteiger partial charge in [0.05, 0.1) is 27.7 Å². The highest BCUT2D eigenvalue weighted by Gasteiger charge is 2.31. The molecule has 0 saturated heterocycles. The van der Waals surface area contributed by atoms with Gasteiger partial charge in [0.15, 0.2) is 9.84 Å². The molecule has 0 radical (unpaired) electrons. The van der Waals surface area contributed by atoms with Gasteiger partial charge in [-0.05, 0) is 42.0 Å². The molecule has 0 aromatic heterocycles. The van der Waals surface area contributed by atoms with E-state index < -0.39 is 45.2 Å². The minimum absolute atomic E-state index is 0.00208. The van der Waals surface area contributed by atoms with E-state index in [0.29, 0.717) is 4.90 Å². The Morgan fingerprint density at radius 2 is 1.90 bits per heavy atom. The summed E-state index contributed by atoms with van der Waals surface area (Å²) in [6.45, 7) is 1.47. The molecule has 2 N–H and O–H groups in total. The Kier molecular flexibility index (Phi) is 7.97. The van der Waals surface area contributed by atoms with Gasteiger partial charge in [-0.3, -0.25) is 14.1 Å². The van der Waals surface area contributed by atoms with Crippen molar-refractivity contribution in [3.63, 3.8) is 0 Å². The maximum atomic E-state index is 13.2. The van der Waals surface area contributed by atoms with Crippen LogP contribution in [-0.4, -0.2) is 28.8 Å². The summed E-state index contributed by atoms with van der Waals surface area (Å²) < 4.78 is 84.6. The summed E-state index contributed by atoms with van der Waals surface area (Å²) >= 11 is 4.34. The number of carbonyl (C=O) groups is 1. The minimum atomic E-state index is -4.69. The second-order valence-electron chi connectivity index (χ2n) is 5.91. The molecule has 1 unspecified atom stereocenters. The maximum absolute atomic E-state index is 13.2. The minimum Gasteiger partial charge on any atom is -0.289 e. The largest absolute Gasteiger partial charge is 0.416 e. The highest BCUT2D eigenvalue weighted by molar-refractivity contribution is 7.99. The van der Waals surface area contributed by atoms with E-state index >= 15 is 0 Å². The molecular formula is C17H15ClF3NO5S3. The van der Waals surface area contributed by atoms with Gasteiger partial charge in [-0.15, -0.1) is 0 Å². The molecule has 0 aliphatic rings. The van der Waals surface area contributed by atoms with Crippen molar-refractivity contribution in [1.29, 1.82) is 0 Å². The third-order valence-corrected chi connectivity index (χ3v) is 7.34. The summed E-state index contributed by atoms with van der Waals surface area (Å²) in [5, 5.41) is 0.0434. The number of amides is 1. The van der Waals surface area contributed by atoms with Crippen LogP contribution in [-0.2, 0) is 38.5 Å². The SMILES string of the molecule is CCS(=O)(=O)c1ccc(Sc2cc(CC(=O)NS(=O)O)cc(C(F)(F)F)c2)c(Cl)c1. The average molecular weight is 502 g/mol. The normalized spacial score (nSPS) is 13.1. The number of benzene rings is 2. The van der Waals surface area contributed by atoms with E-state index in [-0.39, 0.29) is 26.1 Å². The fraction of sp³-hybridized carbons (Fsp3) is 0.235. The highest BCUT2D eigenvalue weighted by atomic mass is 35.5. The quantitative estimate of drug-likeness (QED) is 0.554. The Morgan fingerprint density at radius 1 is 1.23 bits per heavy atom. The van der Waals surface area contributed by atoms with Crippen molar-refractivity contribution in [3.8, 4) is 0 Å². The fourth-order valence-corrected chi connectivity index (χ4v) is 4.83. The Morgan fingerprint density at radius 3 is 2.43 bits per heavy atom. The predicted molar refractivity (Wildman–Crippen MR) is 107 cm³/mol. The van der Waals surface area contributed by atoms with Gasteiger partial charge in [0, 0.05) is 9.79 Å². The van der Waals surface area contributed by atoms with Crippen LogP contribution < -0.4 is 4.72 Å². The van der Waals surface area contributed by atoms with Gasteiger partial charge in [0.2, 0.25) is 5.91 Å². The summed E-state index contributed by atoms with van der Waals surface area (Å²) in [5.74, 6) is -1.06. The summed E-state index contributed by atoms with van der Waals surface area (Å²) in [6, 6.07) is 6.86. The van der Waals surface area contributed by atoms with Crippen LogP contribution in [0.5, 0.6) is 0 Å². The molecule has 0 aliphatic heterocycles. The zero-order valence-electron chi connectivity index (χ0n) is 15.2. The Bertz CT molecular complexity index is 1090. The van der Waals surface area contributed by atoms with Gasteiger partial charge in [0.1, 0.15) is 0 Å². The molecule has 0 saturated carbocycles. The summed E-state index contributed by atoms with van der Waals surface area (Å²) in [5.41, 5.74) is -1.04. The number of nitrogens with one attached hydrogen (secondary N) is 1. The van der Waals surface area contributed by atoms with Crippen molar-refractivity contribution >= 4 is 50.4 Å². The summed E-state index contributed by atoms with van der Waals surface area (Å²) in [6.07, 6.45) is -5.24. The lowest BCUT2D eigenvalue weighted by atomic mass is 10.1. The zero-order chi connectivity index (χ0) is 22.7. The smallest absolute Gasteiger partial charge is 0.289 e. The lowest BCUT2D eigenvalue weighted by Gasteiger charge is -2.13. The average Bonchev–Trinajstić information content (AvgIpc) is 2.61. The molecule has 30 heavy (non-hydrogen) atoms. The van der Waals surface area contributed by atoms with Gasteiger partial charge in [-0.1, -0.05) is 30.3 Å². The molecule has 1 atom stereocenters. The number of alkyl halides is 3. The van der Waals surface area contributed by atoms with E-state index in [1.54, 1.807) is 4.72 Å². The second kappa shape index (κ2) is 9.69. The third-order valence-electron chi connectivity index (χ3n) is 3.73. The van der Waals surface area contributed by atoms with E-state index in [0.717, 1.165) is 23.9 Å². The molecule has 0 aliphatic carbocycles. The molecule has 0 bridgehead atoms. The standard InChI is InChI=1S/C17H15ClF3NO5S3/c1-2-30(26,27)13-3-4-15(14(18)9-13)28-12-6-10(7-16(23)22-29(24)25)5-11(8-12)17(19,20)21/h3-6,8-9H,2,7H2,1H3,(H,22,23)(H,24,25). The van der Waals surface area contributed by atoms with Crippen molar-refractivity contribution in [3.05, 3.63) is 52.5 Å². The maximum Gasteiger partial charge on any atom is 0.416 e. The molecule has 164 valence electrons. The zero-order valence-corrected chi connectivity index (χ0v) is 18.4. The predicted octanol–water partition coefficient (Wildman–Crippen LogP) is 4.10. The van der Waals surface area contributed by atoms with E-state index in [1.807, 2.05) is 0 Å². The van der Waals surface area contributed by atoms with Crippen LogP contribution in [0.15, 0.2) is 51.1 Å². The van der Waals surface area contributed by atoms with Crippen LogP contribution in [0.25, 0.3) is 0 Å². The fourth-order valence-electron chi connectivity index (χ4n) is 2.36. The Balaban J connectivity index is 2.40. The first kappa shape index (κ1) is 24.7. The Labute approximate surface area is 182 Å². The first-order chi connectivity index (χ1) is 13.8. The van der Waals surface area contributed by atoms with Crippen LogP contribution in [0, 0.1) is 0 Å². The molecule has 13 heteroatoms. The van der Waals surface area contributed by atoms with Crippen LogP contribution in [0.2, 0.25) is 5.02 Å². The van der Waals surface area contributed by atoms with Crippen LogP contribution in [0.1, 0.15) is 18.1 Å². The van der Waals surface area contributed by atoms with Crippen molar-refractivity contribution in [1.82, 2.24) is 4.72 Å². The van der Waals surface area contributed by atoms with Crippen molar-refractivity contribution in [2.24, 2.45) is 0 Å². The van der Waals surface area contributed by atoms with Gasteiger partial charge < -0.3 is 0 Å². The van der Waals surface area contributed by atoms with Gasteiger partial charge in [0.25, 0.3) is 11.3 Å². The summed E-state index contributed by atoms with van der Waals surface area (Å²) in [7, 11) is -3.50. The number of carbonyl (C=O) groups excluding carboxylic acids is 1. The number of sulfone groups is 1. The lowest BCUT2D eigenvalue weighted by Crippen LogP contribution is -2.26. The number of hydrogen-bond acceptors (Lipinski definition) is 5. The first-order valence-corrected chi connectivity index (χ1v) is 12.1. The van der Waals surface area contributed by atoms with Crippen molar-refractivity contribution in [2.75, 3.05) is 5.75 Å². The molecule has 1 amide bonds. The molecule has 2 aromatic carbocycles. The molecule has 6 nitrogen and oxygen atoms in total. The first-order valence-electron chi connectivity index (χ1n) is 8.13. The van der Waals surface area contributed by atoms with Gasteiger partial charge >= 0.3 is 6.18 Å².